The summed E-state index contributed by atoms with van der Waals surface area (Å²) in [4.78, 5) is 28.4. The van der Waals surface area contributed by atoms with Gasteiger partial charge in [-0.15, -0.1) is 0 Å². The molecule has 23 heavy (non-hydrogen) atoms. The molecule has 1 saturated carbocycles. The summed E-state index contributed by atoms with van der Waals surface area (Å²) in [5.74, 6) is 0.539. The summed E-state index contributed by atoms with van der Waals surface area (Å²) in [6.07, 6.45) is 3.76. The van der Waals surface area contributed by atoms with E-state index >= 15 is 0 Å². The largest absolute Gasteiger partial charge is 0.378 e. The first-order chi connectivity index (χ1) is 11.0. The first-order valence-corrected chi connectivity index (χ1v) is 8.41. The summed E-state index contributed by atoms with van der Waals surface area (Å²) >= 11 is 0. The zero-order chi connectivity index (χ0) is 16.4. The molecule has 1 N–H and O–H groups in total. The number of nitrogens with zero attached hydrogens (tertiary/aromatic N) is 2. The van der Waals surface area contributed by atoms with Crippen LogP contribution in [0.5, 0.6) is 0 Å². The van der Waals surface area contributed by atoms with Crippen LogP contribution in [0.3, 0.4) is 0 Å². The molecule has 2 amide bonds. The van der Waals surface area contributed by atoms with Gasteiger partial charge in [0.2, 0.25) is 5.91 Å². The number of amides is 2. The van der Waals surface area contributed by atoms with Crippen molar-refractivity contribution in [3.8, 4) is 0 Å². The summed E-state index contributed by atoms with van der Waals surface area (Å²) in [5.41, 5.74) is 1.76. The van der Waals surface area contributed by atoms with E-state index in [0.29, 0.717) is 13.1 Å². The second kappa shape index (κ2) is 6.60. The van der Waals surface area contributed by atoms with Crippen molar-refractivity contribution in [2.45, 2.75) is 31.7 Å². The van der Waals surface area contributed by atoms with Gasteiger partial charge in [-0.25, -0.2) is 0 Å². The average molecular weight is 315 g/mol. The van der Waals surface area contributed by atoms with Gasteiger partial charge in [0, 0.05) is 50.4 Å². The fraction of sp³-hybridized carbons (Fsp3) is 0.556. The minimum Gasteiger partial charge on any atom is -0.378 e. The van der Waals surface area contributed by atoms with Gasteiger partial charge >= 0.3 is 0 Å². The number of carbonyl (C=O) groups is 2. The van der Waals surface area contributed by atoms with Crippen LogP contribution >= 0.6 is 0 Å². The minimum absolute atomic E-state index is 0.0840. The number of nitrogens with one attached hydrogen (secondary N) is 1. The van der Waals surface area contributed by atoms with E-state index in [2.05, 4.69) is 5.32 Å². The number of rotatable bonds is 4. The molecule has 1 aliphatic carbocycles. The van der Waals surface area contributed by atoms with Crippen molar-refractivity contribution in [2.75, 3.05) is 32.1 Å². The third-order valence-corrected chi connectivity index (χ3v) is 4.69. The van der Waals surface area contributed by atoms with Crippen molar-refractivity contribution < 1.29 is 9.59 Å². The van der Waals surface area contributed by atoms with Crippen LogP contribution in [0.4, 0.5) is 5.69 Å². The number of benzene rings is 1. The van der Waals surface area contributed by atoms with E-state index in [9.17, 15) is 9.59 Å². The quantitative estimate of drug-likeness (QED) is 0.923. The number of carbonyl (C=O) groups excluding carboxylic acids is 2. The van der Waals surface area contributed by atoms with Gasteiger partial charge < -0.3 is 15.1 Å². The van der Waals surface area contributed by atoms with E-state index in [1.54, 1.807) is 0 Å². The van der Waals surface area contributed by atoms with E-state index in [-0.39, 0.29) is 23.8 Å². The molecule has 1 aromatic carbocycles. The molecule has 2 aliphatic rings. The first-order valence-electron chi connectivity index (χ1n) is 8.41. The highest BCUT2D eigenvalue weighted by Gasteiger charge is 2.32. The van der Waals surface area contributed by atoms with Crippen molar-refractivity contribution in [2.24, 2.45) is 5.92 Å². The zero-order valence-electron chi connectivity index (χ0n) is 13.9. The molecule has 1 aromatic rings. The molecule has 0 aromatic heterocycles. The normalized spacial score (nSPS) is 18.6. The van der Waals surface area contributed by atoms with Crippen molar-refractivity contribution in [1.29, 1.82) is 0 Å². The molecule has 3 rings (SSSR count). The lowest BCUT2D eigenvalue weighted by atomic mass is 10.0. The smallest absolute Gasteiger partial charge is 0.253 e. The molecular weight excluding hydrogens is 290 g/mol. The molecule has 0 unspecified atom stereocenters. The van der Waals surface area contributed by atoms with Crippen molar-refractivity contribution in [3.05, 3.63) is 29.8 Å². The molecule has 0 spiro atoms. The maximum absolute atomic E-state index is 12.6. The lowest BCUT2D eigenvalue weighted by molar-refractivity contribution is -0.123. The van der Waals surface area contributed by atoms with E-state index < -0.39 is 0 Å². The molecule has 124 valence electrons. The van der Waals surface area contributed by atoms with Crippen LogP contribution in [-0.4, -0.2) is 49.9 Å². The monoisotopic (exact) mass is 315 g/mol. The molecule has 2 fully saturated rings. The molecule has 5 nitrogen and oxygen atoms in total. The van der Waals surface area contributed by atoms with Gasteiger partial charge in [-0.05, 0) is 43.9 Å². The van der Waals surface area contributed by atoms with E-state index in [1.165, 1.54) is 0 Å². The van der Waals surface area contributed by atoms with Crippen LogP contribution in [0.15, 0.2) is 24.3 Å². The number of hydrogen-bond donors (Lipinski definition) is 1. The van der Waals surface area contributed by atoms with Crippen LogP contribution in [0.1, 0.15) is 36.0 Å². The standard InChI is InChI=1S/C18H25N3O2/c1-20(2)16-5-3-4-14(12-16)18(23)21-10-8-15(9-11-21)19-17(22)13-6-7-13/h3-5,12-13,15H,6-11H2,1-2H3,(H,19,22). The molecule has 0 radical (unpaired) electrons. The number of likely N-dealkylation sites (tertiary alicyclic amines) is 1. The van der Waals surface area contributed by atoms with Gasteiger partial charge in [-0.2, -0.15) is 0 Å². The predicted molar refractivity (Wildman–Crippen MR) is 90.6 cm³/mol. The maximum Gasteiger partial charge on any atom is 0.253 e. The fourth-order valence-electron chi connectivity index (χ4n) is 2.99. The minimum atomic E-state index is 0.0840. The fourth-order valence-corrected chi connectivity index (χ4v) is 2.99. The van der Waals surface area contributed by atoms with Gasteiger partial charge in [0.05, 0.1) is 0 Å². The van der Waals surface area contributed by atoms with Gasteiger partial charge in [0.15, 0.2) is 0 Å². The average Bonchev–Trinajstić information content (AvgIpc) is 3.40. The molecule has 1 heterocycles. The summed E-state index contributed by atoms with van der Waals surface area (Å²) in [7, 11) is 3.94. The first kappa shape index (κ1) is 15.8. The van der Waals surface area contributed by atoms with Gasteiger partial charge in [0.1, 0.15) is 0 Å². The van der Waals surface area contributed by atoms with Gasteiger partial charge in [-0.1, -0.05) is 6.07 Å². The summed E-state index contributed by atoms with van der Waals surface area (Å²) in [6, 6.07) is 7.95. The highest BCUT2D eigenvalue weighted by Crippen LogP contribution is 2.29. The van der Waals surface area contributed by atoms with E-state index in [4.69, 9.17) is 0 Å². The van der Waals surface area contributed by atoms with Crippen LogP contribution < -0.4 is 10.2 Å². The Labute approximate surface area is 137 Å². The molecule has 1 aliphatic heterocycles. The number of hydrogen-bond acceptors (Lipinski definition) is 3. The topological polar surface area (TPSA) is 52.7 Å². The lowest BCUT2D eigenvalue weighted by Gasteiger charge is -2.32. The second-order valence-electron chi connectivity index (χ2n) is 6.79. The molecule has 0 bridgehead atoms. The summed E-state index contributed by atoms with van der Waals surface area (Å²) in [5, 5.41) is 3.12. The van der Waals surface area contributed by atoms with Gasteiger partial charge in [0.25, 0.3) is 5.91 Å². The maximum atomic E-state index is 12.6. The Balaban J connectivity index is 1.55. The van der Waals surface area contributed by atoms with Crippen LogP contribution in [-0.2, 0) is 4.79 Å². The Kier molecular flexibility index (Phi) is 4.55. The van der Waals surface area contributed by atoms with Crippen LogP contribution in [0, 0.1) is 5.92 Å². The van der Waals surface area contributed by atoms with Crippen LogP contribution in [0.2, 0.25) is 0 Å². The Hall–Kier alpha value is -2.04. The van der Waals surface area contributed by atoms with Crippen molar-refractivity contribution in [1.82, 2.24) is 10.2 Å². The van der Waals surface area contributed by atoms with E-state index in [0.717, 1.165) is 36.9 Å². The Morgan fingerprint density at radius 2 is 1.83 bits per heavy atom. The Morgan fingerprint density at radius 3 is 2.43 bits per heavy atom. The molecule has 1 saturated heterocycles. The van der Waals surface area contributed by atoms with Gasteiger partial charge in [-0.3, -0.25) is 9.59 Å². The second-order valence-corrected chi connectivity index (χ2v) is 6.79. The third kappa shape index (κ3) is 3.84. The molecule has 0 atom stereocenters. The third-order valence-electron chi connectivity index (χ3n) is 4.69. The highest BCUT2D eigenvalue weighted by atomic mass is 16.2. The SMILES string of the molecule is CN(C)c1cccc(C(=O)N2CCC(NC(=O)C3CC3)CC2)c1. The Bertz CT molecular complexity index is 588. The molecule has 5 heteroatoms. The van der Waals surface area contributed by atoms with E-state index in [1.807, 2.05) is 48.2 Å². The Morgan fingerprint density at radius 1 is 1.13 bits per heavy atom. The number of piperidine rings is 1. The van der Waals surface area contributed by atoms with Crippen LogP contribution in [0.25, 0.3) is 0 Å². The zero-order valence-corrected chi connectivity index (χ0v) is 13.9. The number of anilines is 1. The lowest BCUT2D eigenvalue weighted by Crippen LogP contribution is -2.46. The summed E-state index contributed by atoms with van der Waals surface area (Å²) < 4.78 is 0. The predicted octanol–water partition coefficient (Wildman–Crippen LogP) is 1.88. The van der Waals surface area contributed by atoms with Crippen molar-refractivity contribution in [3.63, 3.8) is 0 Å². The molecular formula is C18H25N3O2. The van der Waals surface area contributed by atoms with Crippen molar-refractivity contribution >= 4 is 17.5 Å². The summed E-state index contributed by atoms with van der Waals surface area (Å²) in [6.45, 7) is 1.42. The highest BCUT2D eigenvalue weighted by molar-refractivity contribution is 5.95.